The van der Waals surface area contributed by atoms with Crippen molar-refractivity contribution in [3.63, 3.8) is 0 Å². The molecule has 0 aliphatic rings. The van der Waals surface area contributed by atoms with E-state index in [2.05, 4.69) is 0 Å². The lowest BCUT2D eigenvalue weighted by Gasteiger charge is -1.93. The van der Waals surface area contributed by atoms with Crippen LogP contribution in [0.3, 0.4) is 0 Å². The zero-order chi connectivity index (χ0) is 10.8. The van der Waals surface area contributed by atoms with Gasteiger partial charge in [-0.3, -0.25) is 0 Å². The van der Waals surface area contributed by atoms with Crippen molar-refractivity contribution in [2.24, 2.45) is 0 Å². The maximum atomic E-state index is 8.44. The number of nitrogens with zero attached hydrogens (tertiary/aromatic N) is 1. The highest BCUT2D eigenvalue weighted by molar-refractivity contribution is 5.84. The lowest BCUT2D eigenvalue weighted by Crippen LogP contribution is -1.74. The van der Waals surface area contributed by atoms with Gasteiger partial charge in [-0.05, 0) is 43.2 Å². The van der Waals surface area contributed by atoms with E-state index in [-0.39, 0.29) is 0 Å². The third kappa shape index (κ3) is 1.64. The Morgan fingerprint density at radius 3 is 2.87 bits per heavy atom. The van der Waals surface area contributed by atoms with Crippen molar-refractivity contribution < 1.29 is 4.42 Å². The molecule has 1 aromatic carbocycles. The van der Waals surface area contributed by atoms with E-state index in [9.17, 15) is 0 Å². The average Bonchev–Trinajstić information content (AvgIpc) is 2.52. The number of hydrogen-bond donors (Lipinski definition) is 0. The highest BCUT2D eigenvalue weighted by atomic mass is 16.3. The van der Waals surface area contributed by atoms with Gasteiger partial charge in [0.05, 0.1) is 6.07 Å². The molecule has 0 radical (unpaired) electrons. The minimum Gasteiger partial charge on any atom is -0.461 e. The van der Waals surface area contributed by atoms with Gasteiger partial charge in [0.1, 0.15) is 11.3 Å². The van der Waals surface area contributed by atoms with Crippen molar-refractivity contribution in [2.75, 3.05) is 0 Å². The average molecular weight is 197 g/mol. The van der Waals surface area contributed by atoms with Gasteiger partial charge < -0.3 is 4.42 Å². The number of furan rings is 1. The molecule has 1 aromatic heterocycles. The Bertz CT molecular complexity index is 570. The summed E-state index contributed by atoms with van der Waals surface area (Å²) in [5.41, 5.74) is 3.09. The molecule has 2 aromatic rings. The van der Waals surface area contributed by atoms with Crippen molar-refractivity contribution in [3.8, 4) is 6.07 Å². The second-order valence-electron chi connectivity index (χ2n) is 3.50. The summed E-state index contributed by atoms with van der Waals surface area (Å²) in [6.45, 7) is 4.00. The second-order valence-corrected chi connectivity index (χ2v) is 3.50. The van der Waals surface area contributed by atoms with Crippen molar-refractivity contribution in [3.05, 3.63) is 41.2 Å². The SMILES string of the molecule is Cc1oc2ccc(C=CC#N)cc2c1C. The van der Waals surface area contributed by atoms with Crippen LogP contribution in [0.1, 0.15) is 16.9 Å². The van der Waals surface area contributed by atoms with Gasteiger partial charge in [-0.15, -0.1) is 0 Å². The summed E-state index contributed by atoms with van der Waals surface area (Å²) in [6, 6.07) is 7.90. The van der Waals surface area contributed by atoms with Crippen LogP contribution in [-0.4, -0.2) is 0 Å². The first kappa shape index (κ1) is 9.54. The number of nitriles is 1. The van der Waals surface area contributed by atoms with Gasteiger partial charge in [0.2, 0.25) is 0 Å². The predicted molar refractivity (Wildman–Crippen MR) is 60.3 cm³/mol. The summed E-state index contributed by atoms with van der Waals surface area (Å²) in [5.74, 6) is 0.950. The lowest BCUT2D eigenvalue weighted by atomic mass is 10.1. The number of hydrogen-bond acceptors (Lipinski definition) is 2. The fourth-order valence-corrected chi connectivity index (χ4v) is 1.60. The number of benzene rings is 1. The maximum absolute atomic E-state index is 8.44. The normalized spacial score (nSPS) is 11.0. The molecule has 0 N–H and O–H groups in total. The molecule has 0 atom stereocenters. The zero-order valence-corrected chi connectivity index (χ0v) is 8.74. The second kappa shape index (κ2) is 3.62. The van der Waals surface area contributed by atoms with E-state index in [0.717, 1.165) is 27.9 Å². The Hall–Kier alpha value is -2.01. The van der Waals surface area contributed by atoms with Gasteiger partial charge >= 0.3 is 0 Å². The summed E-state index contributed by atoms with van der Waals surface area (Å²) in [6.07, 6.45) is 3.27. The van der Waals surface area contributed by atoms with Crippen LogP contribution in [0.4, 0.5) is 0 Å². The third-order valence-corrected chi connectivity index (χ3v) is 2.55. The van der Waals surface area contributed by atoms with E-state index in [1.165, 1.54) is 6.08 Å². The molecule has 1 heterocycles. The van der Waals surface area contributed by atoms with E-state index in [1.807, 2.05) is 38.1 Å². The highest BCUT2D eigenvalue weighted by Gasteiger charge is 2.05. The molecule has 0 saturated heterocycles. The smallest absolute Gasteiger partial charge is 0.134 e. The Labute approximate surface area is 88.4 Å². The lowest BCUT2D eigenvalue weighted by molar-refractivity contribution is 0.575. The van der Waals surface area contributed by atoms with Crippen LogP contribution in [-0.2, 0) is 0 Å². The quantitative estimate of drug-likeness (QED) is 0.655. The molecular formula is C13H11NO. The molecule has 0 amide bonds. The van der Waals surface area contributed by atoms with E-state index in [0.29, 0.717) is 0 Å². The van der Waals surface area contributed by atoms with Gasteiger partial charge in [0.25, 0.3) is 0 Å². The van der Waals surface area contributed by atoms with Crippen LogP contribution in [0.5, 0.6) is 0 Å². The Balaban J connectivity index is 2.60. The molecular weight excluding hydrogens is 186 g/mol. The van der Waals surface area contributed by atoms with Gasteiger partial charge in [0, 0.05) is 11.5 Å². The molecule has 15 heavy (non-hydrogen) atoms. The van der Waals surface area contributed by atoms with Crippen LogP contribution in [0.25, 0.3) is 17.0 Å². The van der Waals surface area contributed by atoms with Crippen molar-refractivity contribution >= 4 is 17.0 Å². The molecule has 0 saturated carbocycles. The molecule has 0 aliphatic carbocycles. The molecule has 0 bridgehead atoms. The van der Waals surface area contributed by atoms with Gasteiger partial charge in [0.15, 0.2) is 0 Å². The summed E-state index contributed by atoms with van der Waals surface area (Å²) >= 11 is 0. The van der Waals surface area contributed by atoms with E-state index in [1.54, 1.807) is 6.08 Å². The van der Waals surface area contributed by atoms with Crippen molar-refractivity contribution in [2.45, 2.75) is 13.8 Å². The van der Waals surface area contributed by atoms with Gasteiger partial charge in [-0.1, -0.05) is 6.07 Å². The summed E-state index contributed by atoms with van der Waals surface area (Å²) in [4.78, 5) is 0. The van der Waals surface area contributed by atoms with Crippen LogP contribution in [0.15, 0.2) is 28.7 Å². The highest BCUT2D eigenvalue weighted by Crippen LogP contribution is 2.25. The number of aryl methyl sites for hydroxylation is 2. The molecule has 2 nitrogen and oxygen atoms in total. The molecule has 0 aliphatic heterocycles. The van der Waals surface area contributed by atoms with Crippen LogP contribution < -0.4 is 0 Å². The fraction of sp³-hybridized carbons (Fsp3) is 0.154. The van der Waals surface area contributed by atoms with Crippen LogP contribution >= 0.6 is 0 Å². The van der Waals surface area contributed by atoms with E-state index in [4.69, 9.17) is 9.68 Å². The van der Waals surface area contributed by atoms with E-state index < -0.39 is 0 Å². The van der Waals surface area contributed by atoms with Gasteiger partial charge in [-0.25, -0.2) is 0 Å². The first-order valence-electron chi connectivity index (χ1n) is 4.78. The van der Waals surface area contributed by atoms with Gasteiger partial charge in [-0.2, -0.15) is 5.26 Å². The number of rotatable bonds is 1. The predicted octanol–water partition coefficient (Wildman–Crippen LogP) is 3.59. The van der Waals surface area contributed by atoms with Crippen LogP contribution in [0.2, 0.25) is 0 Å². The topological polar surface area (TPSA) is 36.9 Å². The summed E-state index contributed by atoms with van der Waals surface area (Å²) in [7, 11) is 0. The number of allylic oxidation sites excluding steroid dienone is 1. The Kier molecular flexibility index (Phi) is 2.31. The number of fused-ring (bicyclic) bond motifs is 1. The molecule has 74 valence electrons. The Morgan fingerprint density at radius 1 is 1.33 bits per heavy atom. The van der Waals surface area contributed by atoms with E-state index >= 15 is 0 Å². The Morgan fingerprint density at radius 2 is 2.13 bits per heavy atom. The minimum absolute atomic E-state index is 0.902. The van der Waals surface area contributed by atoms with Crippen LogP contribution in [0, 0.1) is 25.2 Å². The maximum Gasteiger partial charge on any atom is 0.134 e. The first-order valence-corrected chi connectivity index (χ1v) is 4.78. The molecule has 0 spiro atoms. The van der Waals surface area contributed by atoms with Crippen molar-refractivity contribution in [1.82, 2.24) is 0 Å². The third-order valence-electron chi connectivity index (χ3n) is 2.55. The molecule has 0 unspecified atom stereocenters. The zero-order valence-electron chi connectivity index (χ0n) is 8.74. The first-order chi connectivity index (χ1) is 7.22. The fourth-order valence-electron chi connectivity index (χ4n) is 1.60. The van der Waals surface area contributed by atoms with Crippen molar-refractivity contribution in [1.29, 1.82) is 5.26 Å². The molecule has 2 heteroatoms. The summed E-state index contributed by atoms with van der Waals surface area (Å²) in [5, 5.41) is 9.56. The largest absolute Gasteiger partial charge is 0.461 e. The minimum atomic E-state index is 0.902. The summed E-state index contributed by atoms with van der Waals surface area (Å²) < 4.78 is 5.57. The molecule has 0 fully saturated rings. The standard InChI is InChI=1S/C13H11NO/c1-9-10(2)15-13-6-5-11(4-3-7-14)8-12(9)13/h3-6,8H,1-2H3. The molecule has 2 rings (SSSR count). The monoisotopic (exact) mass is 197 g/mol.